The first kappa shape index (κ1) is 14.0. The Labute approximate surface area is 121 Å². The van der Waals surface area contributed by atoms with Crippen molar-refractivity contribution in [1.82, 2.24) is 10.3 Å². The highest BCUT2D eigenvalue weighted by molar-refractivity contribution is 6.30. The Balaban J connectivity index is 1.86. The van der Waals surface area contributed by atoms with Gasteiger partial charge < -0.3 is 10.6 Å². The van der Waals surface area contributed by atoms with Crippen LogP contribution in [0.3, 0.4) is 0 Å². The molecule has 2 amide bonds. The largest absolute Gasteiger partial charge is 0.342 e. The molecule has 0 fully saturated rings. The molecule has 0 saturated heterocycles. The number of aromatic nitrogens is 1. The highest BCUT2D eigenvalue weighted by Gasteiger charge is 2.09. The molecule has 2 N–H and O–H groups in total. The van der Waals surface area contributed by atoms with Crippen molar-refractivity contribution in [2.24, 2.45) is 0 Å². The number of hydrogen-bond acceptors (Lipinski definition) is 3. The van der Waals surface area contributed by atoms with Crippen molar-refractivity contribution in [2.75, 3.05) is 11.9 Å². The van der Waals surface area contributed by atoms with Crippen LogP contribution in [0.4, 0.5) is 5.69 Å². The molecule has 0 aliphatic rings. The fourth-order valence-electron chi connectivity index (χ4n) is 1.51. The van der Waals surface area contributed by atoms with E-state index in [0.717, 1.165) is 0 Å². The minimum absolute atomic E-state index is 0.137. The number of halogens is 1. The fourth-order valence-corrected chi connectivity index (χ4v) is 1.67. The summed E-state index contributed by atoms with van der Waals surface area (Å²) >= 11 is 5.76. The third-order valence-corrected chi connectivity index (χ3v) is 2.66. The molecule has 0 aliphatic carbocycles. The smallest absolute Gasteiger partial charge is 0.270 e. The molecular weight excluding hydrogens is 278 g/mol. The van der Waals surface area contributed by atoms with E-state index in [4.69, 9.17) is 11.6 Å². The van der Waals surface area contributed by atoms with Crippen LogP contribution in [-0.2, 0) is 4.79 Å². The molecular formula is C14H12ClN3O2. The molecule has 20 heavy (non-hydrogen) atoms. The third kappa shape index (κ3) is 4.07. The number of benzene rings is 1. The number of anilines is 1. The van der Waals surface area contributed by atoms with Gasteiger partial charge in [-0.05, 0) is 24.3 Å². The number of rotatable bonds is 4. The molecule has 0 radical (unpaired) electrons. The molecule has 5 nitrogen and oxygen atoms in total. The second kappa shape index (κ2) is 6.68. The number of nitrogens with one attached hydrogen (secondary N) is 2. The van der Waals surface area contributed by atoms with Gasteiger partial charge in [0.05, 0.1) is 6.54 Å². The van der Waals surface area contributed by atoms with Gasteiger partial charge in [-0.25, -0.2) is 0 Å². The summed E-state index contributed by atoms with van der Waals surface area (Å²) < 4.78 is 0. The predicted molar refractivity (Wildman–Crippen MR) is 76.7 cm³/mol. The Morgan fingerprint density at radius 1 is 1.15 bits per heavy atom. The zero-order valence-electron chi connectivity index (χ0n) is 10.5. The van der Waals surface area contributed by atoms with Crippen LogP contribution in [0.1, 0.15) is 10.5 Å². The minimum Gasteiger partial charge on any atom is -0.342 e. The van der Waals surface area contributed by atoms with Gasteiger partial charge in [-0.15, -0.1) is 0 Å². The Morgan fingerprint density at radius 3 is 2.60 bits per heavy atom. The van der Waals surface area contributed by atoms with Gasteiger partial charge in [-0.3, -0.25) is 14.6 Å². The van der Waals surface area contributed by atoms with Gasteiger partial charge in [-0.1, -0.05) is 29.8 Å². The van der Waals surface area contributed by atoms with Crippen molar-refractivity contribution < 1.29 is 9.59 Å². The first-order valence-corrected chi connectivity index (χ1v) is 6.27. The van der Waals surface area contributed by atoms with Gasteiger partial charge in [0.15, 0.2) is 0 Å². The molecule has 0 spiro atoms. The molecule has 0 aliphatic heterocycles. The molecule has 2 aromatic rings. The Morgan fingerprint density at radius 2 is 1.90 bits per heavy atom. The van der Waals surface area contributed by atoms with Crippen molar-refractivity contribution in [2.45, 2.75) is 0 Å². The van der Waals surface area contributed by atoms with Crippen LogP contribution in [0.5, 0.6) is 0 Å². The maximum atomic E-state index is 11.7. The normalized spacial score (nSPS) is 9.85. The molecule has 1 aromatic heterocycles. The number of pyridine rings is 1. The fraction of sp³-hybridized carbons (Fsp3) is 0.0714. The lowest BCUT2D eigenvalue weighted by Gasteiger charge is -2.06. The predicted octanol–water partition coefficient (Wildman–Crippen LogP) is 2.10. The maximum Gasteiger partial charge on any atom is 0.270 e. The first-order chi connectivity index (χ1) is 9.65. The summed E-state index contributed by atoms with van der Waals surface area (Å²) in [6, 6.07) is 12.0. The summed E-state index contributed by atoms with van der Waals surface area (Å²) in [6.45, 7) is -0.137. The topological polar surface area (TPSA) is 71.1 Å². The zero-order chi connectivity index (χ0) is 14.4. The van der Waals surface area contributed by atoms with Crippen LogP contribution in [0, 0.1) is 0 Å². The average molecular weight is 290 g/mol. The molecule has 1 heterocycles. The molecule has 0 saturated carbocycles. The van der Waals surface area contributed by atoms with Crippen LogP contribution in [0.25, 0.3) is 0 Å². The maximum absolute atomic E-state index is 11.7. The van der Waals surface area contributed by atoms with Gasteiger partial charge in [-0.2, -0.15) is 0 Å². The zero-order valence-corrected chi connectivity index (χ0v) is 11.2. The van der Waals surface area contributed by atoms with Gasteiger partial charge in [0.25, 0.3) is 5.91 Å². The monoisotopic (exact) mass is 289 g/mol. The molecule has 0 unspecified atom stereocenters. The lowest BCUT2D eigenvalue weighted by Crippen LogP contribution is -2.33. The quantitative estimate of drug-likeness (QED) is 0.905. The van der Waals surface area contributed by atoms with Crippen molar-refractivity contribution in [3.05, 3.63) is 59.4 Å². The highest BCUT2D eigenvalue weighted by atomic mass is 35.5. The Kier molecular flexibility index (Phi) is 4.68. The highest BCUT2D eigenvalue weighted by Crippen LogP contribution is 2.07. The van der Waals surface area contributed by atoms with Crippen LogP contribution < -0.4 is 10.6 Å². The van der Waals surface area contributed by atoms with Gasteiger partial charge in [0.1, 0.15) is 5.69 Å². The lowest BCUT2D eigenvalue weighted by atomic mass is 10.3. The van der Waals surface area contributed by atoms with E-state index in [1.54, 1.807) is 18.2 Å². The summed E-state index contributed by atoms with van der Waals surface area (Å²) in [5, 5.41) is 5.55. The third-order valence-electron chi connectivity index (χ3n) is 2.42. The van der Waals surface area contributed by atoms with Gasteiger partial charge in [0, 0.05) is 16.9 Å². The Bertz CT molecular complexity index is 617. The number of hydrogen-bond donors (Lipinski definition) is 2. The second-order valence-electron chi connectivity index (χ2n) is 3.96. The van der Waals surface area contributed by atoms with Crippen LogP contribution >= 0.6 is 11.6 Å². The molecule has 6 heteroatoms. The van der Waals surface area contributed by atoms with E-state index in [1.165, 1.54) is 12.3 Å². The molecule has 2 rings (SSSR count). The van der Waals surface area contributed by atoms with Crippen molar-refractivity contribution in [3.63, 3.8) is 0 Å². The van der Waals surface area contributed by atoms with E-state index in [1.807, 2.05) is 18.2 Å². The summed E-state index contributed by atoms with van der Waals surface area (Å²) in [5.41, 5.74) is 0.845. The van der Waals surface area contributed by atoms with E-state index in [9.17, 15) is 9.59 Å². The number of nitrogens with zero attached hydrogens (tertiary/aromatic N) is 1. The van der Waals surface area contributed by atoms with E-state index in [-0.39, 0.29) is 18.1 Å². The molecule has 102 valence electrons. The van der Waals surface area contributed by atoms with Crippen LogP contribution in [0.2, 0.25) is 5.02 Å². The van der Waals surface area contributed by atoms with Crippen LogP contribution in [0.15, 0.2) is 48.7 Å². The van der Waals surface area contributed by atoms with E-state index >= 15 is 0 Å². The van der Waals surface area contributed by atoms with E-state index in [0.29, 0.717) is 10.7 Å². The van der Waals surface area contributed by atoms with Gasteiger partial charge >= 0.3 is 0 Å². The number of amides is 2. The summed E-state index contributed by atoms with van der Waals surface area (Å²) in [4.78, 5) is 27.3. The van der Waals surface area contributed by atoms with E-state index in [2.05, 4.69) is 15.6 Å². The SMILES string of the molecule is O=C(CNC(=O)c1cc(Cl)ccn1)Nc1ccccc1. The number of carbonyl (C=O) groups is 2. The minimum atomic E-state index is -0.448. The van der Waals surface area contributed by atoms with Crippen molar-refractivity contribution >= 4 is 29.1 Å². The second-order valence-corrected chi connectivity index (χ2v) is 4.39. The molecule has 1 aromatic carbocycles. The first-order valence-electron chi connectivity index (χ1n) is 5.90. The van der Waals surface area contributed by atoms with Crippen molar-refractivity contribution in [3.8, 4) is 0 Å². The van der Waals surface area contributed by atoms with Crippen molar-refractivity contribution in [1.29, 1.82) is 0 Å². The molecule has 0 bridgehead atoms. The summed E-state index contributed by atoms with van der Waals surface area (Å²) in [6.07, 6.45) is 1.43. The molecule has 0 atom stereocenters. The van der Waals surface area contributed by atoms with E-state index < -0.39 is 5.91 Å². The number of carbonyl (C=O) groups excluding carboxylic acids is 2. The Hall–Kier alpha value is -2.40. The standard InChI is InChI=1S/C14H12ClN3O2/c15-10-6-7-16-12(8-10)14(20)17-9-13(19)18-11-4-2-1-3-5-11/h1-8H,9H2,(H,17,20)(H,18,19). The van der Waals surface area contributed by atoms with Gasteiger partial charge in [0.2, 0.25) is 5.91 Å². The summed E-state index contributed by atoms with van der Waals surface area (Å²) in [7, 11) is 0. The lowest BCUT2D eigenvalue weighted by molar-refractivity contribution is -0.115. The average Bonchev–Trinajstić information content (AvgIpc) is 2.46. The van der Waals surface area contributed by atoms with Crippen LogP contribution in [-0.4, -0.2) is 23.3 Å². The number of para-hydroxylation sites is 1. The summed E-state index contributed by atoms with van der Waals surface area (Å²) in [5.74, 6) is -0.762.